The van der Waals surface area contributed by atoms with E-state index in [1.807, 2.05) is 57.1 Å². The predicted octanol–water partition coefficient (Wildman–Crippen LogP) is 0.734. The minimum Gasteiger partial charge on any atom is -0.387 e. The number of amides is 1. The molecule has 1 amide bonds. The summed E-state index contributed by atoms with van der Waals surface area (Å²) in [5.74, 6) is 0.553. The highest BCUT2D eigenvalue weighted by molar-refractivity contribution is 14.0. The molecule has 1 saturated heterocycles. The van der Waals surface area contributed by atoms with E-state index in [9.17, 15) is 9.90 Å². The summed E-state index contributed by atoms with van der Waals surface area (Å²) in [4.78, 5) is 21.2. The van der Waals surface area contributed by atoms with E-state index >= 15 is 0 Å². The Morgan fingerprint density at radius 2 is 1.97 bits per heavy atom. The number of aliphatic hydroxyl groups is 1. The summed E-state index contributed by atoms with van der Waals surface area (Å²) in [7, 11) is 3.95. The third kappa shape index (κ3) is 12.0. The molecule has 33 heavy (non-hydrogen) atoms. The lowest BCUT2D eigenvalue weighted by Gasteiger charge is -2.34. The van der Waals surface area contributed by atoms with Crippen LogP contribution >= 0.6 is 24.0 Å². The van der Waals surface area contributed by atoms with Gasteiger partial charge in [-0.1, -0.05) is 12.1 Å². The Morgan fingerprint density at radius 1 is 1.24 bits per heavy atom. The number of morpholine rings is 1. The number of carbonyl (C=O) groups excluding carboxylic acids is 1. The Kier molecular flexibility index (Phi) is 13.8. The molecule has 2 rings (SSSR count). The van der Waals surface area contributed by atoms with Crippen LogP contribution in [0.4, 0.5) is 0 Å². The topological polar surface area (TPSA) is 101 Å². The third-order valence-corrected chi connectivity index (χ3v) is 5.10. The van der Waals surface area contributed by atoms with Crippen molar-refractivity contribution in [2.45, 2.75) is 26.0 Å². The van der Waals surface area contributed by atoms with Crippen LogP contribution in [0.5, 0.6) is 0 Å². The summed E-state index contributed by atoms with van der Waals surface area (Å²) in [6.45, 7) is 10.4. The maximum absolute atomic E-state index is 12.4. The Balaban J connectivity index is 0.00000544. The van der Waals surface area contributed by atoms with Gasteiger partial charge in [-0.05, 0) is 45.6 Å². The number of likely N-dealkylation sites (N-methyl/N-ethyl adjacent to an activating group) is 1. The molecule has 10 heteroatoms. The van der Waals surface area contributed by atoms with E-state index in [2.05, 4.69) is 25.8 Å². The number of guanidine groups is 1. The van der Waals surface area contributed by atoms with E-state index < -0.39 is 5.60 Å². The molecule has 0 radical (unpaired) electrons. The number of nitrogens with one attached hydrogen (secondary N) is 3. The van der Waals surface area contributed by atoms with Crippen LogP contribution < -0.4 is 16.0 Å². The summed E-state index contributed by atoms with van der Waals surface area (Å²) in [6.07, 6.45) is 0. The van der Waals surface area contributed by atoms with Crippen molar-refractivity contribution < 1.29 is 14.6 Å². The molecule has 1 aromatic carbocycles. The Morgan fingerprint density at radius 3 is 2.64 bits per heavy atom. The number of benzene rings is 1. The zero-order valence-electron chi connectivity index (χ0n) is 20.4. The first kappa shape index (κ1) is 29.6. The monoisotopic (exact) mass is 576 g/mol. The summed E-state index contributed by atoms with van der Waals surface area (Å²) >= 11 is 0. The van der Waals surface area contributed by atoms with Crippen LogP contribution in [-0.4, -0.2) is 105 Å². The molecule has 0 spiro atoms. The van der Waals surface area contributed by atoms with Crippen LogP contribution in [0.2, 0.25) is 0 Å². The van der Waals surface area contributed by atoms with Crippen molar-refractivity contribution in [3.8, 4) is 0 Å². The zero-order valence-corrected chi connectivity index (χ0v) is 22.7. The molecule has 4 N–H and O–H groups in total. The summed E-state index contributed by atoms with van der Waals surface area (Å²) < 4.78 is 5.38. The van der Waals surface area contributed by atoms with Gasteiger partial charge in [0, 0.05) is 51.4 Å². The van der Waals surface area contributed by atoms with E-state index in [0.717, 1.165) is 25.2 Å². The number of halogens is 1. The first-order valence-electron chi connectivity index (χ1n) is 11.4. The van der Waals surface area contributed by atoms with E-state index in [1.54, 1.807) is 0 Å². The van der Waals surface area contributed by atoms with Crippen LogP contribution in [0, 0.1) is 0 Å². The van der Waals surface area contributed by atoms with Gasteiger partial charge in [-0.15, -0.1) is 24.0 Å². The van der Waals surface area contributed by atoms with Gasteiger partial charge < -0.3 is 30.7 Å². The van der Waals surface area contributed by atoms with E-state index in [1.165, 1.54) is 0 Å². The number of β-amino-alcohol motifs (C(OH)–C–C–N with tert-alkyl or cyclic N) is 1. The average molecular weight is 577 g/mol. The molecule has 0 bridgehead atoms. The highest BCUT2D eigenvalue weighted by Crippen LogP contribution is 2.09. The van der Waals surface area contributed by atoms with Gasteiger partial charge >= 0.3 is 0 Å². The fourth-order valence-corrected chi connectivity index (χ4v) is 3.39. The molecule has 1 atom stereocenters. The van der Waals surface area contributed by atoms with Gasteiger partial charge in [-0.25, -0.2) is 4.99 Å². The second-order valence-electron chi connectivity index (χ2n) is 8.69. The maximum atomic E-state index is 12.4. The van der Waals surface area contributed by atoms with Crippen LogP contribution in [0.15, 0.2) is 29.3 Å². The van der Waals surface area contributed by atoms with E-state index in [-0.39, 0.29) is 29.9 Å². The molecule has 0 aromatic heterocycles. The molecule has 1 fully saturated rings. The van der Waals surface area contributed by atoms with Gasteiger partial charge in [0.1, 0.15) is 0 Å². The van der Waals surface area contributed by atoms with Crippen molar-refractivity contribution in [1.29, 1.82) is 0 Å². The number of ether oxygens (including phenoxy) is 1. The van der Waals surface area contributed by atoms with Gasteiger partial charge in [0.15, 0.2) is 5.96 Å². The molecule has 0 aliphatic carbocycles. The number of nitrogens with zero attached hydrogens (tertiary/aromatic N) is 3. The highest BCUT2D eigenvalue weighted by atomic mass is 127. The number of hydrogen-bond donors (Lipinski definition) is 4. The van der Waals surface area contributed by atoms with Gasteiger partial charge in [0.25, 0.3) is 5.91 Å². The first-order chi connectivity index (χ1) is 15.3. The van der Waals surface area contributed by atoms with Gasteiger partial charge in [0.2, 0.25) is 0 Å². The SMILES string of the molecule is CCNC(=NCc1cccc(C(=O)NCCN(C)C)c1)NCC(C)(O)CN1CCOCC1.I. The minimum atomic E-state index is -0.891. The average Bonchev–Trinajstić information content (AvgIpc) is 2.76. The summed E-state index contributed by atoms with van der Waals surface area (Å²) in [5, 5.41) is 20.2. The highest BCUT2D eigenvalue weighted by Gasteiger charge is 2.25. The van der Waals surface area contributed by atoms with Gasteiger partial charge in [0.05, 0.1) is 25.4 Å². The predicted molar refractivity (Wildman–Crippen MR) is 143 cm³/mol. The molecule has 1 heterocycles. The lowest BCUT2D eigenvalue weighted by atomic mass is 10.1. The van der Waals surface area contributed by atoms with Gasteiger partial charge in [-0.3, -0.25) is 9.69 Å². The lowest BCUT2D eigenvalue weighted by molar-refractivity contribution is -0.0201. The Hall–Kier alpha value is -1.47. The second-order valence-corrected chi connectivity index (χ2v) is 8.69. The molecule has 188 valence electrons. The van der Waals surface area contributed by atoms with E-state index in [0.29, 0.717) is 57.5 Å². The fraction of sp³-hybridized carbons (Fsp3) is 0.652. The minimum absolute atomic E-state index is 0. The largest absolute Gasteiger partial charge is 0.387 e. The molecular weight excluding hydrogens is 535 g/mol. The summed E-state index contributed by atoms with van der Waals surface area (Å²) in [5.41, 5.74) is 0.684. The van der Waals surface area contributed by atoms with Crippen molar-refractivity contribution in [3.05, 3.63) is 35.4 Å². The zero-order chi connectivity index (χ0) is 23.4. The quantitative estimate of drug-likeness (QED) is 0.175. The molecule has 1 aliphatic heterocycles. The Labute approximate surface area is 215 Å². The normalized spacial score (nSPS) is 16.6. The maximum Gasteiger partial charge on any atom is 0.251 e. The molecule has 1 aliphatic rings. The number of rotatable bonds is 11. The fourth-order valence-electron chi connectivity index (χ4n) is 3.39. The Bertz CT molecular complexity index is 739. The standard InChI is InChI=1S/C23H40N6O3.HI/c1-5-24-22(27-17-23(2,31)18-29-11-13-32-14-12-29)26-16-19-7-6-8-20(15-19)21(30)25-9-10-28(3)4;/h6-8,15,31H,5,9-14,16-18H2,1-4H3,(H,25,30)(H2,24,26,27);1H. The van der Waals surface area contributed by atoms with Crippen molar-refractivity contribution >= 4 is 35.8 Å². The third-order valence-electron chi connectivity index (χ3n) is 5.10. The first-order valence-corrected chi connectivity index (χ1v) is 11.4. The van der Waals surface area contributed by atoms with Crippen molar-refractivity contribution in [3.63, 3.8) is 0 Å². The van der Waals surface area contributed by atoms with Crippen LogP contribution in [0.25, 0.3) is 0 Å². The smallest absolute Gasteiger partial charge is 0.251 e. The van der Waals surface area contributed by atoms with Crippen molar-refractivity contribution in [1.82, 2.24) is 25.8 Å². The lowest BCUT2D eigenvalue weighted by Crippen LogP contribution is -2.52. The number of carbonyl (C=O) groups is 1. The summed E-state index contributed by atoms with van der Waals surface area (Å²) in [6, 6.07) is 7.51. The number of hydrogen-bond acceptors (Lipinski definition) is 6. The molecular formula is C23H41IN6O3. The van der Waals surface area contributed by atoms with Gasteiger partial charge in [-0.2, -0.15) is 0 Å². The van der Waals surface area contributed by atoms with Crippen LogP contribution in [-0.2, 0) is 11.3 Å². The molecule has 1 aromatic rings. The van der Waals surface area contributed by atoms with Crippen LogP contribution in [0.1, 0.15) is 29.8 Å². The van der Waals surface area contributed by atoms with Crippen LogP contribution in [0.3, 0.4) is 0 Å². The van der Waals surface area contributed by atoms with Crippen molar-refractivity contribution in [2.75, 3.05) is 73.1 Å². The molecule has 0 saturated carbocycles. The molecule has 9 nitrogen and oxygen atoms in total. The van der Waals surface area contributed by atoms with E-state index in [4.69, 9.17) is 4.74 Å². The van der Waals surface area contributed by atoms with Crippen molar-refractivity contribution in [2.24, 2.45) is 4.99 Å². The second kappa shape index (κ2) is 15.4. The molecule has 1 unspecified atom stereocenters. The number of aliphatic imine (C=N–C) groups is 1.